The van der Waals surface area contributed by atoms with Crippen LogP contribution in [0.4, 0.5) is 5.82 Å². The number of aryl methyl sites for hydroxylation is 2. The van der Waals surface area contributed by atoms with Crippen LogP contribution in [0.1, 0.15) is 51.2 Å². The Morgan fingerprint density at radius 2 is 1.87 bits per heavy atom. The van der Waals surface area contributed by atoms with Gasteiger partial charge < -0.3 is 0 Å². The van der Waals surface area contributed by atoms with Crippen LogP contribution in [0.3, 0.4) is 0 Å². The lowest BCUT2D eigenvalue weighted by Gasteiger charge is -2.37. The molecule has 2 bridgehead atoms. The van der Waals surface area contributed by atoms with E-state index in [0.717, 1.165) is 0 Å². The van der Waals surface area contributed by atoms with Crippen molar-refractivity contribution in [3.05, 3.63) is 35.4 Å². The van der Waals surface area contributed by atoms with E-state index in [1.54, 1.807) is 0 Å². The number of pyridine rings is 1. The molecule has 1 aliphatic heterocycles. The smallest absolute Gasteiger partial charge is 0.258 e. The Bertz CT molecular complexity index is 777. The molecular formula is C21H29N2+. The second kappa shape index (κ2) is 4.72. The maximum atomic E-state index is 3.76. The quantitative estimate of drug-likeness (QED) is 0.748. The van der Waals surface area contributed by atoms with Crippen molar-refractivity contribution in [3.63, 3.8) is 0 Å². The molecule has 0 radical (unpaired) electrons. The van der Waals surface area contributed by atoms with Crippen molar-refractivity contribution in [2.45, 2.75) is 59.9 Å². The van der Waals surface area contributed by atoms with Gasteiger partial charge in [-0.05, 0) is 56.2 Å². The number of rotatable bonds is 1. The van der Waals surface area contributed by atoms with Gasteiger partial charge in [0.2, 0.25) is 0 Å². The summed E-state index contributed by atoms with van der Waals surface area (Å²) in [4.78, 5) is 6.43. The lowest BCUT2D eigenvalue weighted by Crippen LogP contribution is -2.37. The first kappa shape index (κ1) is 15.0. The Morgan fingerprint density at radius 1 is 1.09 bits per heavy atom. The zero-order valence-corrected chi connectivity index (χ0v) is 15.2. The number of benzene rings is 1. The van der Waals surface area contributed by atoms with Crippen molar-refractivity contribution in [3.8, 4) is 0 Å². The lowest BCUT2D eigenvalue weighted by atomic mass is 9.65. The molecule has 23 heavy (non-hydrogen) atoms. The summed E-state index contributed by atoms with van der Waals surface area (Å²) in [6.45, 7) is 13.0. The van der Waals surface area contributed by atoms with Crippen molar-refractivity contribution in [1.29, 1.82) is 0 Å². The molecule has 2 aromatic rings. The number of anilines is 1. The fourth-order valence-electron chi connectivity index (χ4n) is 5.45. The van der Waals surface area contributed by atoms with Crippen LogP contribution in [0.15, 0.2) is 24.3 Å². The Hall–Kier alpha value is -1.57. The lowest BCUT2D eigenvalue weighted by molar-refractivity contribution is -0.331. The Labute approximate surface area is 139 Å². The van der Waals surface area contributed by atoms with E-state index in [9.17, 15) is 0 Å². The van der Waals surface area contributed by atoms with Gasteiger partial charge in [0.15, 0.2) is 0 Å². The molecule has 2 aliphatic rings. The highest BCUT2D eigenvalue weighted by Crippen LogP contribution is 2.53. The molecule has 1 N–H and O–H groups in total. The number of aromatic nitrogens is 1. The van der Waals surface area contributed by atoms with Crippen molar-refractivity contribution >= 4 is 16.7 Å². The Morgan fingerprint density at radius 3 is 2.65 bits per heavy atom. The molecule has 2 fully saturated rings. The van der Waals surface area contributed by atoms with Crippen molar-refractivity contribution in [2.75, 3.05) is 11.4 Å². The highest BCUT2D eigenvalue weighted by Gasteiger charge is 2.53. The van der Waals surface area contributed by atoms with Crippen molar-refractivity contribution in [2.24, 2.45) is 10.8 Å². The van der Waals surface area contributed by atoms with E-state index >= 15 is 0 Å². The van der Waals surface area contributed by atoms with Crippen LogP contribution < -0.4 is 9.88 Å². The van der Waals surface area contributed by atoms with Gasteiger partial charge in [-0.15, -0.1) is 0 Å². The second-order valence-corrected chi connectivity index (χ2v) is 9.23. The molecule has 1 saturated carbocycles. The van der Waals surface area contributed by atoms with Gasteiger partial charge in [0.1, 0.15) is 5.52 Å². The molecule has 0 amide bonds. The van der Waals surface area contributed by atoms with Crippen molar-refractivity contribution in [1.82, 2.24) is 0 Å². The van der Waals surface area contributed by atoms with Crippen LogP contribution in [-0.4, -0.2) is 12.6 Å². The van der Waals surface area contributed by atoms with E-state index in [4.69, 9.17) is 0 Å². The van der Waals surface area contributed by atoms with E-state index in [1.807, 2.05) is 0 Å². The minimum absolute atomic E-state index is 0.466. The van der Waals surface area contributed by atoms with Gasteiger partial charge in [-0.25, -0.2) is 4.98 Å². The van der Waals surface area contributed by atoms with E-state index in [-0.39, 0.29) is 0 Å². The summed E-state index contributed by atoms with van der Waals surface area (Å²) >= 11 is 0. The summed E-state index contributed by atoms with van der Waals surface area (Å²) in [7, 11) is 0. The summed E-state index contributed by atoms with van der Waals surface area (Å²) in [6.07, 6.45) is 4.00. The molecule has 1 aliphatic carbocycles. The maximum absolute atomic E-state index is 3.76. The monoisotopic (exact) mass is 309 g/mol. The van der Waals surface area contributed by atoms with Crippen LogP contribution in [0.2, 0.25) is 0 Å². The van der Waals surface area contributed by atoms with Crippen LogP contribution >= 0.6 is 0 Å². The first-order chi connectivity index (χ1) is 10.7. The fraction of sp³-hybridized carbons (Fsp3) is 0.571. The predicted octanol–water partition coefficient (Wildman–Crippen LogP) is 4.68. The fourth-order valence-corrected chi connectivity index (χ4v) is 5.45. The molecule has 0 unspecified atom stereocenters. The third-order valence-corrected chi connectivity index (χ3v) is 5.91. The molecule has 1 saturated heterocycles. The molecule has 1 aromatic carbocycles. The van der Waals surface area contributed by atoms with Gasteiger partial charge >= 0.3 is 0 Å². The molecule has 122 valence electrons. The average Bonchev–Trinajstić information content (AvgIpc) is 2.67. The number of hydrogen-bond donors (Lipinski definition) is 0. The van der Waals surface area contributed by atoms with Gasteiger partial charge in [-0.2, -0.15) is 0 Å². The average molecular weight is 309 g/mol. The van der Waals surface area contributed by atoms with Gasteiger partial charge in [-0.3, -0.25) is 4.90 Å². The summed E-state index contributed by atoms with van der Waals surface area (Å²) in [5, 5.41) is 1.31. The zero-order valence-electron chi connectivity index (χ0n) is 15.2. The van der Waals surface area contributed by atoms with Gasteiger partial charge in [-0.1, -0.05) is 32.9 Å². The van der Waals surface area contributed by atoms with Crippen molar-refractivity contribution < 1.29 is 4.98 Å². The maximum Gasteiger partial charge on any atom is 0.278 e. The third kappa shape index (κ3) is 2.52. The molecule has 0 spiro atoms. The molecule has 2 heterocycles. The second-order valence-electron chi connectivity index (χ2n) is 9.23. The number of fused-ring (bicyclic) bond motifs is 3. The van der Waals surface area contributed by atoms with Gasteiger partial charge in [0.25, 0.3) is 5.82 Å². The normalized spacial score (nSPS) is 29.3. The third-order valence-electron chi connectivity index (χ3n) is 5.91. The highest BCUT2D eigenvalue weighted by molar-refractivity contribution is 5.78. The van der Waals surface area contributed by atoms with Crippen LogP contribution in [0.25, 0.3) is 10.9 Å². The summed E-state index contributed by atoms with van der Waals surface area (Å²) in [5.74, 6) is 1.34. The number of nitrogens with zero attached hydrogens (tertiary/aromatic N) is 1. The van der Waals surface area contributed by atoms with Gasteiger partial charge in [0, 0.05) is 16.4 Å². The molecular weight excluding hydrogens is 280 g/mol. The Kier molecular flexibility index (Phi) is 3.07. The van der Waals surface area contributed by atoms with E-state index in [1.165, 1.54) is 53.7 Å². The number of hydrogen-bond acceptors (Lipinski definition) is 1. The van der Waals surface area contributed by atoms with Crippen LogP contribution in [-0.2, 0) is 0 Å². The summed E-state index contributed by atoms with van der Waals surface area (Å²) in [5.41, 5.74) is 4.88. The molecule has 2 nitrogen and oxygen atoms in total. The SMILES string of the molecule is Cc1ccc2cc(C)c(N3C[C@@]4(C)C[C@@H]3CC(C)(C)C4)[nH+]c2c1. The number of nitrogens with one attached hydrogen (secondary N) is 1. The molecule has 2 atom stereocenters. The van der Waals surface area contributed by atoms with E-state index < -0.39 is 0 Å². The van der Waals surface area contributed by atoms with Crippen LogP contribution in [0.5, 0.6) is 0 Å². The first-order valence-electron chi connectivity index (χ1n) is 8.95. The predicted molar refractivity (Wildman–Crippen MR) is 96.9 cm³/mol. The molecule has 1 aromatic heterocycles. The highest BCUT2D eigenvalue weighted by atomic mass is 15.3. The Balaban J connectivity index is 1.79. The molecule has 2 heteroatoms. The first-order valence-corrected chi connectivity index (χ1v) is 8.95. The topological polar surface area (TPSA) is 17.4 Å². The molecule has 4 rings (SSSR count). The van der Waals surface area contributed by atoms with E-state index in [2.05, 4.69) is 68.8 Å². The van der Waals surface area contributed by atoms with Crippen LogP contribution in [0, 0.1) is 24.7 Å². The standard InChI is InChI=1S/C21H28N2/c1-14-6-7-16-9-15(2)19(22-18(16)8-14)23-13-21(5)11-17(23)10-20(3,4)12-21/h6-9,17H,10-13H2,1-5H3/p+1/t17-,21-/m0/s1. The minimum atomic E-state index is 0.466. The van der Waals surface area contributed by atoms with E-state index in [0.29, 0.717) is 16.9 Å². The number of aromatic amines is 1. The summed E-state index contributed by atoms with van der Waals surface area (Å²) in [6, 6.07) is 9.72. The summed E-state index contributed by atoms with van der Waals surface area (Å²) < 4.78 is 0. The largest absolute Gasteiger partial charge is 0.278 e. The minimum Gasteiger partial charge on any atom is -0.258 e. The van der Waals surface area contributed by atoms with Gasteiger partial charge in [0.05, 0.1) is 12.6 Å². The number of H-pyrrole nitrogens is 1. The zero-order chi connectivity index (χ0) is 16.4.